The second kappa shape index (κ2) is 5.94. The molecule has 0 bridgehead atoms. The van der Waals surface area contributed by atoms with Gasteiger partial charge in [0.15, 0.2) is 0 Å². The molecule has 5 heteroatoms. The topological polar surface area (TPSA) is 64.2 Å². The number of hydrogen-bond donors (Lipinski definition) is 1. The van der Waals surface area contributed by atoms with Crippen LogP contribution < -0.4 is 10.6 Å². The van der Waals surface area contributed by atoms with Gasteiger partial charge in [0, 0.05) is 30.2 Å². The van der Waals surface area contributed by atoms with E-state index in [1.807, 2.05) is 38.4 Å². The van der Waals surface area contributed by atoms with Crippen LogP contribution in [0.5, 0.6) is 0 Å². The summed E-state index contributed by atoms with van der Waals surface area (Å²) < 4.78 is 2.15. The van der Waals surface area contributed by atoms with Crippen LogP contribution in [-0.4, -0.2) is 21.5 Å². The lowest BCUT2D eigenvalue weighted by molar-refractivity contribution is -0.114. The molecule has 1 aliphatic heterocycles. The summed E-state index contributed by atoms with van der Waals surface area (Å²) in [6.07, 6.45) is 9.79. The minimum atomic E-state index is -0.384. The maximum atomic E-state index is 11.3. The number of nitrogens with zero attached hydrogens (tertiary/aromatic N) is 3. The van der Waals surface area contributed by atoms with Gasteiger partial charge in [0.25, 0.3) is 0 Å². The number of aromatic nitrogens is 2. The van der Waals surface area contributed by atoms with Crippen LogP contribution in [0.4, 0.5) is 5.95 Å². The largest absolute Gasteiger partial charge is 0.366 e. The zero-order valence-corrected chi connectivity index (χ0v) is 12.3. The number of carbonyl (C=O) groups is 1. The van der Waals surface area contributed by atoms with E-state index in [0.717, 1.165) is 31.0 Å². The molecular weight excluding hydrogens is 252 g/mol. The van der Waals surface area contributed by atoms with E-state index in [1.54, 1.807) is 0 Å². The van der Waals surface area contributed by atoms with Gasteiger partial charge >= 0.3 is 0 Å². The fourth-order valence-corrected chi connectivity index (χ4v) is 2.52. The maximum Gasteiger partial charge on any atom is 0.248 e. The Morgan fingerprint density at radius 1 is 1.50 bits per heavy atom. The van der Waals surface area contributed by atoms with Gasteiger partial charge in [-0.05, 0) is 32.4 Å². The van der Waals surface area contributed by atoms with Crippen LogP contribution in [0.25, 0.3) is 0 Å². The zero-order valence-electron chi connectivity index (χ0n) is 12.3. The number of imidazole rings is 1. The minimum absolute atomic E-state index is 0.0604. The van der Waals surface area contributed by atoms with Crippen LogP contribution in [0, 0.1) is 0 Å². The molecule has 20 heavy (non-hydrogen) atoms. The number of anilines is 1. The van der Waals surface area contributed by atoms with E-state index in [9.17, 15) is 4.79 Å². The van der Waals surface area contributed by atoms with Crippen molar-refractivity contribution in [1.29, 1.82) is 0 Å². The monoisotopic (exact) mass is 274 g/mol. The summed E-state index contributed by atoms with van der Waals surface area (Å²) in [7, 11) is 0. The van der Waals surface area contributed by atoms with E-state index >= 15 is 0 Å². The second-order valence-corrected chi connectivity index (χ2v) is 5.16. The van der Waals surface area contributed by atoms with Gasteiger partial charge in [0.2, 0.25) is 11.9 Å². The van der Waals surface area contributed by atoms with Crippen molar-refractivity contribution < 1.29 is 4.79 Å². The van der Waals surface area contributed by atoms with E-state index in [4.69, 9.17) is 5.73 Å². The number of unbranched alkanes of at least 4 members (excludes halogenated alkanes) is 1. The highest BCUT2D eigenvalue weighted by Crippen LogP contribution is 2.26. The van der Waals surface area contributed by atoms with Crippen molar-refractivity contribution in [2.24, 2.45) is 5.73 Å². The highest BCUT2D eigenvalue weighted by Gasteiger charge is 2.24. The zero-order chi connectivity index (χ0) is 14.7. The number of rotatable bonds is 5. The minimum Gasteiger partial charge on any atom is -0.366 e. The van der Waals surface area contributed by atoms with Gasteiger partial charge in [-0.3, -0.25) is 4.79 Å². The number of carbonyl (C=O) groups excluding carboxylic acids is 1. The molecule has 2 N–H and O–H groups in total. The lowest BCUT2D eigenvalue weighted by Crippen LogP contribution is -2.36. The summed E-state index contributed by atoms with van der Waals surface area (Å²) in [6, 6.07) is 0.0604. The van der Waals surface area contributed by atoms with E-state index < -0.39 is 0 Å². The molecule has 1 unspecified atom stereocenters. The Morgan fingerprint density at radius 3 is 2.85 bits per heavy atom. The van der Waals surface area contributed by atoms with E-state index in [1.165, 1.54) is 0 Å². The SMILES string of the molecule is CCCCn1ccnc1N1C(C)=CC(C(N)=O)=CC1C. The normalized spacial score (nSPS) is 18.8. The van der Waals surface area contributed by atoms with Gasteiger partial charge in [0.1, 0.15) is 0 Å². The fourth-order valence-electron chi connectivity index (χ4n) is 2.52. The maximum absolute atomic E-state index is 11.3. The molecule has 2 rings (SSSR count). The van der Waals surface area contributed by atoms with Gasteiger partial charge in [-0.1, -0.05) is 13.3 Å². The molecule has 0 saturated carbocycles. The standard InChI is InChI=1S/C15H22N4O/c1-4-5-7-18-8-6-17-15(18)19-11(2)9-13(14(16)20)10-12(19)3/h6,8-11H,4-5,7H2,1-3H3,(H2,16,20). The average Bonchev–Trinajstić information content (AvgIpc) is 2.83. The molecular formula is C15H22N4O. The number of amides is 1. The molecule has 0 aliphatic carbocycles. The van der Waals surface area contributed by atoms with Crippen LogP contribution >= 0.6 is 0 Å². The third-order valence-electron chi connectivity index (χ3n) is 3.52. The summed E-state index contributed by atoms with van der Waals surface area (Å²) >= 11 is 0. The van der Waals surface area contributed by atoms with Crippen molar-refractivity contribution >= 4 is 11.9 Å². The van der Waals surface area contributed by atoms with E-state index in [2.05, 4.69) is 21.4 Å². The number of nitrogens with two attached hydrogens (primary N) is 1. The number of aryl methyl sites for hydroxylation is 1. The molecule has 0 radical (unpaired) electrons. The molecule has 1 atom stereocenters. The molecule has 0 saturated heterocycles. The predicted molar refractivity (Wildman–Crippen MR) is 80.1 cm³/mol. The Balaban J connectivity index is 2.28. The first-order chi connectivity index (χ1) is 9.54. The first kappa shape index (κ1) is 14.4. The quantitative estimate of drug-likeness (QED) is 0.895. The third kappa shape index (κ3) is 2.76. The summed E-state index contributed by atoms with van der Waals surface area (Å²) in [6.45, 7) is 7.14. The average molecular weight is 274 g/mol. The molecule has 5 nitrogen and oxygen atoms in total. The Kier molecular flexibility index (Phi) is 4.27. The predicted octanol–water partition coefficient (Wildman–Crippen LogP) is 2.21. The van der Waals surface area contributed by atoms with Gasteiger partial charge < -0.3 is 15.2 Å². The van der Waals surface area contributed by atoms with Crippen LogP contribution in [0.1, 0.15) is 33.6 Å². The first-order valence-corrected chi connectivity index (χ1v) is 7.05. The fraction of sp³-hybridized carbons (Fsp3) is 0.467. The smallest absolute Gasteiger partial charge is 0.248 e. The Hall–Kier alpha value is -2.04. The van der Waals surface area contributed by atoms with E-state index in [0.29, 0.717) is 5.57 Å². The van der Waals surface area contributed by atoms with Gasteiger partial charge in [0.05, 0.1) is 6.04 Å². The number of allylic oxidation sites excluding steroid dienone is 1. The first-order valence-electron chi connectivity index (χ1n) is 7.05. The highest BCUT2D eigenvalue weighted by atomic mass is 16.1. The summed E-state index contributed by atoms with van der Waals surface area (Å²) in [5.74, 6) is 0.532. The van der Waals surface area contributed by atoms with Crippen molar-refractivity contribution in [3.8, 4) is 0 Å². The molecule has 1 aromatic rings. The Morgan fingerprint density at radius 2 is 2.25 bits per heavy atom. The summed E-state index contributed by atoms with van der Waals surface area (Å²) in [4.78, 5) is 17.9. The van der Waals surface area contributed by atoms with Crippen molar-refractivity contribution in [2.75, 3.05) is 4.90 Å². The number of hydrogen-bond acceptors (Lipinski definition) is 3. The molecule has 1 amide bonds. The lowest BCUT2D eigenvalue weighted by atomic mass is 10.1. The van der Waals surface area contributed by atoms with E-state index in [-0.39, 0.29) is 11.9 Å². The summed E-state index contributed by atoms with van der Waals surface area (Å²) in [5.41, 5.74) is 6.91. The molecule has 0 fully saturated rings. The molecule has 0 spiro atoms. The second-order valence-electron chi connectivity index (χ2n) is 5.16. The highest BCUT2D eigenvalue weighted by molar-refractivity contribution is 5.95. The van der Waals surface area contributed by atoms with Crippen molar-refractivity contribution in [3.05, 3.63) is 35.8 Å². The van der Waals surface area contributed by atoms with Gasteiger partial charge in [-0.25, -0.2) is 4.98 Å². The van der Waals surface area contributed by atoms with Crippen LogP contribution in [-0.2, 0) is 11.3 Å². The van der Waals surface area contributed by atoms with Crippen molar-refractivity contribution in [2.45, 2.75) is 46.2 Å². The molecule has 1 aromatic heterocycles. The van der Waals surface area contributed by atoms with Crippen molar-refractivity contribution in [3.63, 3.8) is 0 Å². The third-order valence-corrected chi connectivity index (χ3v) is 3.52. The van der Waals surface area contributed by atoms with Gasteiger partial charge in [-0.2, -0.15) is 0 Å². The van der Waals surface area contributed by atoms with Gasteiger partial charge in [-0.15, -0.1) is 0 Å². The van der Waals surface area contributed by atoms with Crippen LogP contribution in [0.3, 0.4) is 0 Å². The van der Waals surface area contributed by atoms with Crippen LogP contribution in [0.15, 0.2) is 35.8 Å². The van der Waals surface area contributed by atoms with Crippen LogP contribution in [0.2, 0.25) is 0 Å². The molecule has 1 aliphatic rings. The Bertz CT molecular complexity index is 556. The molecule has 108 valence electrons. The summed E-state index contributed by atoms with van der Waals surface area (Å²) in [5, 5.41) is 0. The lowest BCUT2D eigenvalue weighted by Gasteiger charge is -2.32. The van der Waals surface area contributed by atoms with Crippen molar-refractivity contribution in [1.82, 2.24) is 9.55 Å². The molecule has 0 aromatic carbocycles. The Labute approximate surface area is 119 Å². The molecule has 2 heterocycles. The number of primary amides is 1.